The maximum absolute atomic E-state index is 11.4. The Morgan fingerprint density at radius 2 is 2.31 bits per heavy atom. The minimum absolute atomic E-state index is 0.0565. The number of hydrogen-bond acceptors (Lipinski definition) is 3. The summed E-state index contributed by atoms with van der Waals surface area (Å²) in [5, 5.41) is 0. The van der Waals surface area contributed by atoms with Crippen LogP contribution in [0.25, 0.3) is 0 Å². The summed E-state index contributed by atoms with van der Waals surface area (Å²) in [5.41, 5.74) is -0.0565. The minimum atomic E-state index is -0.758. The molecule has 0 aromatic heterocycles. The van der Waals surface area contributed by atoms with Crippen molar-refractivity contribution >= 4 is 10.8 Å². The second-order valence-corrected chi connectivity index (χ2v) is 5.74. The van der Waals surface area contributed by atoms with E-state index < -0.39 is 10.8 Å². The van der Waals surface area contributed by atoms with Crippen molar-refractivity contribution in [3.8, 4) is 0 Å². The van der Waals surface area contributed by atoms with Crippen molar-refractivity contribution in [3.63, 3.8) is 0 Å². The van der Waals surface area contributed by atoms with E-state index in [-0.39, 0.29) is 11.5 Å². The second-order valence-electron chi connectivity index (χ2n) is 3.98. The van der Waals surface area contributed by atoms with Crippen molar-refractivity contribution in [2.45, 2.75) is 37.3 Å². The first-order valence-electron chi connectivity index (χ1n) is 4.91. The normalized spacial score (nSPS) is 47.2. The molecule has 2 aliphatic rings. The van der Waals surface area contributed by atoms with Crippen LogP contribution in [0.5, 0.6) is 0 Å². The van der Waals surface area contributed by atoms with Crippen LogP contribution >= 0.6 is 0 Å². The molecule has 0 spiro atoms. The van der Waals surface area contributed by atoms with E-state index in [9.17, 15) is 4.21 Å². The number of ether oxygens (including phenoxy) is 1. The highest BCUT2D eigenvalue weighted by Gasteiger charge is 2.38. The van der Waals surface area contributed by atoms with Crippen molar-refractivity contribution in [2.75, 3.05) is 19.3 Å². The molecule has 0 saturated carbocycles. The van der Waals surface area contributed by atoms with Crippen LogP contribution in [0.4, 0.5) is 0 Å². The van der Waals surface area contributed by atoms with Crippen molar-refractivity contribution in [2.24, 2.45) is 0 Å². The lowest BCUT2D eigenvalue weighted by Gasteiger charge is -2.24. The minimum Gasteiger partial charge on any atom is -0.359 e. The molecule has 0 N–H and O–H groups in total. The van der Waals surface area contributed by atoms with Gasteiger partial charge in [-0.15, -0.1) is 0 Å². The molecule has 2 fully saturated rings. The molecular weight excluding hydrogens is 186 g/mol. The van der Waals surface area contributed by atoms with Gasteiger partial charge in [-0.2, -0.15) is 0 Å². The zero-order valence-corrected chi connectivity index (χ0v) is 9.05. The van der Waals surface area contributed by atoms with Crippen molar-refractivity contribution in [1.29, 1.82) is 0 Å². The smallest absolute Gasteiger partial charge is 0.130 e. The molecule has 13 heavy (non-hydrogen) atoms. The molecule has 3 nitrogen and oxygen atoms in total. The van der Waals surface area contributed by atoms with Crippen molar-refractivity contribution < 1.29 is 8.95 Å². The van der Waals surface area contributed by atoms with Crippen LogP contribution in [0.2, 0.25) is 0 Å². The number of rotatable bonds is 1. The fraction of sp³-hybridized carbons (Fsp3) is 1.00. The molecule has 0 unspecified atom stereocenters. The molecule has 0 aliphatic carbocycles. The van der Waals surface area contributed by atoms with Crippen LogP contribution in [0.1, 0.15) is 19.8 Å². The molecule has 0 bridgehead atoms. The summed E-state index contributed by atoms with van der Waals surface area (Å²) in [7, 11) is 1.37. The topological polar surface area (TPSA) is 29.5 Å². The van der Waals surface area contributed by atoms with Gasteiger partial charge in [0.2, 0.25) is 0 Å². The Bertz CT molecular complexity index is 222. The first kappa shape index (κ1) is 9.62. The molecular formula is C9H17NO2S. The molecule has 2 aliphatic heterocycles. The Balaban J connectivity index is 1.98. The van der Waals surface area contributed by atoms with Gasteiger partial charge in [0.1, 0.15) is 5.44 Å². The van der Waals surface area contributed by atoms with Crippen molar-refractivity contribution in [1.82, 2.24) is 4.90 Å². The Morgan fingerprint density at radius 1 is 1.54 bits per heavy atom. The summed E-state index contributed by atoms with van der Waals surface area (Å²) >= 11 is 0. The summed E-state index contributed by atoms with van der Waals surface area (Å²) in [4.78, 5) is 2.33. The molecule has 76 valence electrons. The number of likely N-dealkylation sites (N-methyl/N-ethyl adjacent to an activating group) is 1. The summed E-state index contributed by atoms with van der Waals surface area (Å²) in [6.45, 7) is 3.07. The van der Waals surface area contributed by atoms with Crippen LogP contribution < -0.4 is 0 Å². The number of likely N-dealkylation sites (tertiary alicyclic amines) is 1. The molecule has 2 saturated heterocycles. The van der Waals surface area contributed by atoms with Gasteiger partial charge in [-0.1, -0.05) is 0 Å². The lowest BCUT2D eigenvalue weighted by molar-refractivity contribution is 0.0250. The molecule has 0 aromatic carbocycles. The molecule has 4 atom stereocenters. The highest BCUT2D eigenvalue weighted by atomic mass is 32.2. The van der Waals surface area contributed by atoms with Gasteiger partial charge in [-0.05, 0) is 33.4 Å². The highest BCUT2D eigenvalue weighted by Crippen LogP contribution is 2.26. The van der Waals surface area contributed by atoms with E-state index in [1.165, 1.54) is 12.8 Å². The summed E-state index contributed by atoms with van der Waals surface area (Å²) in [5.74, 6) is 0.732. The van der Waals surface area contributed by atoms with E-state index in [0.717, 1.165) is 12.3 Å². The van der Waals surface area contributed by atoms with Gasteiger partial charge in [-0.25, -0.2) is 0 Å². The Hall–Kier alpha value is 0.0700. The fourth-order valence-corrected chi connectivity index (χ4v) is 3.41. The lowest BCUT2D eigenvalue weighted by Crippen LogP contribution is -2.38. The Morgan fingerprint density at radius 3 is 2.77 bits per heavy atom. The molecule has 0 amide bonds. The average Bonchev–Trinajstić information content (AvgIpc) is 2.60. The molecule has 0 aromatic rings. The standard InChI is InChI=1S/C9H17NO2S/c1-7-12-9(6-13(7)11)8-4-3-5-10(8)2/h7-9H,3-6H2,1-2H3/t7-,8+,9+,13-/m0/s1. The molecule has 0 radical (unpaired) electrons. The highest BCUT2D eigenvalue weighted by molar-refractivity contribution is 7.85. The van der Waals surface area contributed by atoms with Gasteiger partial charge < -0.3 is 9.64 Å². The first-order chi connectivity index (χ1) is 6.18. The summed E-state index contributed by atoms with van der Waals surface area (Å²) in [6.07, 6.45) is 2.66. The van der Waals surface area contributed by atoms with Crippen molar-refractivity contribution in [3.05, 3.63) is 0 Å². The average molecular weight is 203 g/mol. The van der Waals surface area contributed by atoms with Gasteiger partial charge in [0.25, 0.3) is 0 Å². The summed E-state index contributed by atoms with van der Waals surface area (Å²) in [6, 6.07) is 0.508. The predicted molar refractivity (Wildman–Crippen MR) is 53.0 cm³/mol. The Labute approximate surface area is 81.9 Å². The number of hydrogen-bond donors (Lipinski definition) is 0. The largest absolute Gasteiger partial charge is 0.359 e. The maximum atomic E-state index is 11.4. The second kappa shape index (κ2) is 3.67. The van der Waals surface area contributed by atoms with E-state index in [0.29, 0.717) is 6.04 Å². The van der Waals surface area contributed by atoms with Crippen LogP contribution in [-0.2, 0) is 15.5 Å². The van der Waals surface area contributed by atoms with Crippen LogP contribution in [0.15, 0.2) is 0 Å². The van der Waals surface area contributed by atoms with Gasteiger partial charge in [0, 0.05) is 6.04 Å². The monoisotopic (exact) mass is 203 g/mol. The van der Waals surface area contributed by atoms with Crippen LogP contribution in [0.3, 0.4) is 0 Å². The number of nitrogens with zero attached hydrogens (tertiary/aromatic N) is 1. The first-order valence-corrected chi connectivity index (χ1v) is 6.29. The van der Waals surface area contributed by atoms with E-state index in [4.69, 9.17) is 4.74 Å². The van der Waals surface area contributed by atoms with Gasteiger partial charge in [0.15, 0.2) is 0 Å². The van der Waals surface area contributed by atoms with Gasteiger partial charge in [-0.3, -0.25) is 4.21 Å². The molecule has 2 rings (SSSR count). The molecule has 2 heterocycles. The summed E-state index contributed by atoms with van der Waals surface area (Å²) < 4.78 is 17.1. The van der Waals surface area contributed by atoms with Crippen LogP contribution in [-0.4, -0.2) is 46.0 Å². The Kier molecular flexibility index (Phi) is 2.72. The predicted octanol–water partition coefficient (Wildman–Crippen LogP) is 0.574. The SMILES string of the molecule is C[C@H]1O[C@@H]([C@H]2CCCN2C)C[S@@]1=O. The molecule has 4 heteroatoms. The maximum Gasteiger partial charge on any atom is 0.130 e. The third-order valence-corrected chi connectivity index (χ3v) is 4.58. The van der Waals surface area contributed by atoms with Crippen LogP contribution in [0, 0.1) is 0 Å². The van der Waals surface area contributed by atoms with Gasteiger partial charge >= 0.3 is 0 Å². The van der Waals surface area contributed by atoms with Gasteiger partial charge in [0.05, 0.1) is 22.7 Å². The quantitative estimate of drug-likeness (QED) is 0.624. The third kappa shape index (κ3) is 1.80. The zero-order chi connectivity index (χ0) is 9.42. The lowest BCUT2D eigenvalue weighted by atomic mass is 10.1. The van der Waals surface area contributed by atoms with E-state index in [1.54, 1.807) is 0 Å². The van der Waals surface area contributed by atoms with E-state index in [2.05, 4.69) is 11.9 Å². The third-order valence-electron chi connectivity index (χ3n) is 3.07. The fourth-order valence-electron chi connectivity index (χ4n) is 2.25. The van der Waals surface area contributed by atoms with E-state index >= 15 is 0 Å². The van der Waals surface area contributed by atoms with E-state index in [1.807, 2.05) is 6.92 Å². The zero-order valence-electron chi connectivity index (χ0n) is 8.23.